The third-order valence-corrected chi connectivity index (χ3v) is 1.55. The highest BCUT2D eigenvalue weighted by atomic mass is 19.1. The van der Waals surface area contributed by atoms with Crippen LogP contribution >= 0.6 is 0 Å². The molecule has 0 saturated carbocycles. The van der Waals surface area contributed by atoms with Gasteiger partial charge in [0.15, 0.2) is 0 Å². The summed E-state index contributed by atoms with van der Waals surface area (Å²) in [6.07, 6.45) is 0. The van der Waals surface area contributed by atoms with E-state index in [1.54, 1.807) is 6.07 Å². The van der Waals surface area contributed by atoms with E-state index < -0.39 is 0 Å². The summed E-state index contributed by atoms with van der Waals surface area (Å²) in [5.74, 6) is -0.168. The summed E-state index contributed by atoms with van der Waals surface area (Å²) in [5, 5.41) is 0. The van der Waals surface area contributed by atoms with Crippen LogP contribution in [0, 0.1) is 12.7 Å². The normalized spacial score (nSPS) is 9.50. The van der Waals surface area contributed by atoms with Crippen LogP contribution in [0.1, 0.15) is 5.56 Å². The molecule has 51 valence electrons. The first-order chi connectivity index (χ1) is 4.74. The van der Waals surface area contributed by atoms with Crippen LogP contribution in [-0.4, -0.2) is 7.28 Å². The van der Waals surface area contributed by atoms with Gasteiger partial charge in [-0.3, -0.25) is 0 Å². The van der Waals surface area contributed by atoms with Gasteiger partial charge in [0.05, 0.1) is 0 Å². The fraction of sp³-hybridized carbons (Fsp3) is 0.250. The first-order valence-corrected chi connectivity index (χ1v) is 3.29. The summed E-state index contributed by atoms with van der Waals surface area (Å²) in [5.41, 5.74) is 2.09. The molecule has 0 aliphatic heterocycles. The summed E-state index contributed by atoms with van der Waals surface area (Å²) in [4.78, 5) is 0. The van der Waals surface area contributed by atoms with E-state index in [9.17, 15) is 4.39 Å². The van der Waals surface area contributed by atoms with Gasteiger partial charge in [0.25, 0.3) is 0 Å². The molecule has 1 radical (unpaired) electrons. The minimum atomic E-state index is -0.168. The van der Waals surface area contributed by atoms with Gasteiger partial charge in [-0.2, -0.15) is 0 Å². The van der Waals surface area contributed by atoms with Crippen molar-refractivity contribution in [1.82, 2.24) is 0 Å². The number of hydrogen-bond donors (Lipinski definition) is 0. The molecule has 0 bridgehead atoms. The van der Waals surface area contributed by atoms with Crippen molar-refractivity contribution in [3.63, 3.8) is 0 Å². The van der Waals surface area contributed by atoms with Crippen LogP contribution in [0.5, 0.6) is 0 Å². The molecule has 0 aliphatic rings. The molecule has 0 heterocycles. The number of halogens is 1. The molecule has 0 N–H and O–H groups in total. The monoisotopic (exact) mass is 135 g/mol. The SMILES string of the molecule is C[B]c1cc(F)ccc1C. The molecule has 0 nitrogen and oxygen atoms in total. The Balaban J connectivity index is 3.09. The summed E-state index contributed by atoms with van der Waals surface area (Å²) in [6.45, 7) is 3.87. The second kappa shape index (κ2) is 2.87. The first-order valence-electron chi connectivity index (χ1n) is 3.29. The van der Waals surface area contributed by atoms with Gasteiger partial charge in [-0.25, -0.2) is 4.39 Å². The van der Waals surface area contributed by atoms with Crippen molar-refractivity contribution < 1.29 is 4.39 Å². The Morgan fingerprint density at radius 2 is 2.10 bits per heavy atom. The summed E-state index contributed by atoms with van der Waals surface area (Å²) in [6, 6.07) is 4.79. The molecule has 0 aliphatic carbocycles. The lowest BCUT2D eigenvalue weighted by Crippen LogP contribution is -2.14. The van der Waals surface area contributed by atoms with Crippen molar-refractivity contribution >= 4 is 12.7 Å². The second-order valence-corrected chi connectivity index (χ2v) is 2.29. The molecular formula is C8H9BF. The minimum Gasteiger partial charge on any atom is -0.207 e. The molecule has 0 saturated heterocycles. The quantitative estimate of drug-likeness (QED) is 0.512. The van der Waals surface area contributed by atoms with E-state index in [0.717, 1.165) is 11.0 Å². The fourth-order valence-electron chi connectivity index (χ4n) is 0.922. The largest absolute Gasteiger partial charge is 0.207 e. The van der Waals surface area contributed by atoms with Crippen LogP contribution in [0.3, 0.4) is 0 Å². The van der Waals surface area contributed by atoms with Crippen LogP contribution in [-0.2, 0) is 0 Å². The molecule has 0 aromatic heterocycles. The van der Waals surface area contributed by atoms with Gasteiger partial charge >= 0.3 is 0 Å². The van der Waals surface area contributed by atoms with E-state index in [0.29, 0.717) is 0 Å². The molecular weight excluding hydrogens is 126 g/mol. The molecule has 0 fully saturated rings. The average Bonchev–Trinajstić information content (AvgIpc) is 1.94. The molecule has 0 amide bonds. The molecule has 0 atom stereocenters. The van der Waals surface area contributed by atoms with E-state index >= 15 is 0 Å². The number of benzene rings is 1. The summed E-state index contributed by atoms with van der Waals surface area (Å²) < 4.78 is 12.5. The molecule has 0 spiro atoms. The minimum absolute atomic E-state index is 0.168. The maximum Gasteiger partial charge on any atom is 0.148 e. The molecule has 1 aromatic rings. The lowest BCUT2D eigenvalue weighted by molar-refractivity contribution is 0.628. The third-order valence-electron chi connectivity index (χ3n) is 1.55. The Kier molecular flexibility index (Phi) is 2.10. The average molecular weight is 135 g/mol. The van der Waals surface area contributed by atoms with Crippen LogP contribution < -0.4 is 5.46 Å². The van der Waals surface area contributed by atoms with Crippen LogP contribution in [0.15, 0.2) is 18.2 Å². The van der Waals surface area contributed by atoms with Crippen molar-refractivity contribution in [2.75, 3.05) is 0 Å². The van der Waals surface area contributed by atoms with Gasteiger partial charge in [0.1, 0.15) is 13.1 Å². The van der Waals surface area contributed by atoms with E-state index in [4.69, 9.17) is 0 Å². The van der Waals surface area contributed by atoms with Crippen molar-refractivity contribution in [1.29, 1.82) is 0 Å². The van der Waals surface area contributed by atoms with Crippen LogP contribution in [0.2, 0.25) is 6.82 Å². The zero-order valence-electron chi connectivity index (χ0n) is 6.19. The topological polar surface area (TPSA) is 0 Å². The predicted octanol–water partition coefficient (Wildman–Crippen LogP) is 1.51. The highest BCUT2D eigenvalue weighted by Crippen LogP contribution is 1.97. The highest BCUT2D eigenvalue weighted by Gasteiger charge is 1.96. The van der Waals surface area contributed by atoms with E-state index in [-0.39, 0.29) is 5.82 Å². The van der Waals surface area contributed by atoms with Crippen molar-refractivity contribution in [3.8, 4) is 0 Å². The number of hydrogen-bond acceptors (Lipinski definition) is 0. The smallest absolute Gasteiger partial charge is 0.148 e. The maximum absolute atomic E-state index is 12.5. The highest BCUT2D eigenvalue weighted by molar-refractivity contribution is 6.52. The van der Waals surface area contributed by atoms with Crippen molar-refractivity contribution in [2.24, 2.45) is 0 Å². The Labute approximate surface area is 61.3 Å². The van der Waals surface area contributed by atoms with E-state index in [2.05, 4.69) is 0 Å². The zero-order valence-corrected chi connectivity index (χ0v) is 6.19. The number of aryl methyl sites for hydroxylation is 1. The van der Waals surface area contributed by atoms with Crippen molar-refractivity contribution in [3.05, 3.63) is 29.6 Å². The first kappa shape index (κ1) is 7.32. The summed E-state index contributed by atoms with van der Waals surface area (Å²) in [7, 11) is 1.90. The molecule has 2 heteroatoms. The van der Waals surface area contributed by atoms with E-state index in [1.807, 2.05) is 21.0 Å². The second-order valence-electron chi connectivity index (χ2n) is 2.29. The van der Waals surface area contributed by atoms with Gasteiger partial charge < -0.3 is 0 Å². The van der Waals surface area contributed by atoms with E-state index in [1.165, 1.54) is 12.1 Å². The maximum atomic E-state index is 12.5. The Bertz CT molecular complexity index is 233. The van der Waals surface area contributed by atoms with Gasteiger partial charge in [0, 0.05) is 0 Å². The van der Waals surface area contributed by atoms with Gasteiger partial charge in [-0.1, -0.05) is 23.9 Å². The predicted molar refractivity (Wildman–Crippen MR) is 42.4 cm³/mol. The van der Waals surface area contributed by atoms with Crippen LogP contribution in [0.4, 0.5) is 4.39 Å². The molecule has 1 aromatic carbocycles. The molecule has 0 unspecified atom stereocenters. The number of rotatable bonds is 1. The Morgan fingerprint density at radius 1 is 1.40 bits per heavy atom. The Hall–Kier alpha value is -0.785. The third kappa shape index (κ3) is 1.38. The van der Waals surface area contributed by atoms with Gasteiger partial charge in [-0.05, 0) is 19.1 Å². The Morgan fingerprint density at radius 3 is 2.60 bits per heavy atom. The molecule has 1 rings (SSSR count). The fourth-order valence-corrected chi connectivity index (χ4v) is 0.922. The zero-order chi connectivity index (χ0) is 7.56. The lowest BCUT2D eigenvalue weighted by atomic mass is 9.71. The lowest BCUT2D eigenvalue weighted by Gasteiger charge is -1.99. The van der Waals surface area contributed by atoms with Crippen molar-refractivity contribution in [2.45, 2.75) is 13.7 Å². The summed E-state index contributed by atoms with van der Waals surface area (Å²) >= 11 is 0. The molecule has 10 heavy (non-hydrogen) atoms. The van der Waals surface area contributed by atoms with Gasteiger partial charge in [-0.15, -0.1) is 0 Å². The van der Waals surface area contributed by atoms with Gasteiger partial charge in [0.2, 0.25) is 0 Å². The van der Waals surface area contributed by atoms with Crippen LogP contribution in [0.25, 0.3) is 0 Å². The standard InChI is InChI=1S/C8H9BF/c1-6-3-4-7(10)5-8(6)9-2/h3-5H,1-2H3.